The van der Waals surface area contributed by atoms with Crippen LogP contribution < -0.4 is 5.32 Å². The van der Waals surface area contributed by atoms with Crippen LogP contribution in [0.5, 0.6) is 0 Å². The van der Waals surface area contributed by atoms with Crippen molar-refractivity contribution in [2.75, 3.05) is 13.6 Å². The molecule has 4 rings (SSSR count). The molecule has 3 nitrogen and oxygen atoms in total. The molecule has 1 heterocycles. The first-order valence-corrected chi connectivity index (χ1v) is 6.58. The van der Waals surface area contributed by atoms with Crippen molar-refractivity contribution in [3.05, 3.63) is 0 Å². The van der Waals surface area contributed by atoms with E-state index in [1.165, 1.54) is 19.3 Å². The van der Waals surface area contributed by atoms with Gasteiger partial charge in [-0.05, 0) is 65.0 Å². The number of ether oxygens (including phenoxy) is 2. The van der Waals surface area contributed by atoms with Crippen LogP contribution in [0, 0.1) is 11.8 Å². The SMILES string of the molecule is CNCC[C@]12OC(C)(C)O[C@H]1C[C@H]1C[C@@H]2C1. The molecule has 1 N–H and O–H groups in total. The van der Waals surface area contributed by atoms with Gasteiger partial charge >= 0.3 is 0 Å². The maximum absolute atomic E-state index is 6.33. The molecule has 16 heavy (non-hydrogen) atoms. The summed E-state index contributed by atoms with van der Waals surface area (Å²) < 4.78 is 12.4. The topological polar surface area (TPSA) is 30.5 Å². The molecule has 1 aliphatic heterocycles. The monoisotopic (exact) mass is 225 g/mol. The Labute approximate surface area is 97.9 Å². The summed E-state index contributed by atoms with van der Waals surface area (Å²) in [5.41, 5.74) is 0.0151. The third kappa shape index (κ3) is 1.45. The van der Waals surface area contributed by atoms with Gasteiger partial charge in [0.15, 0.2) is 5.79 Å². The van der Waals surface area contributed by atoms with Gasteiger partial charge in [0.25, 0.3) is 0 Å². The molecule has 4 aliphatic rings. The van der Waals surface area contributed by atoms with Crippen LogP contribution in [0.25, 0.3) is 0 Å². The first-order chi connectivity index (χ1) is 7.56. The number of hydrogen-bond donors (Lipinski definition) is 1. The van der Waals surface area contributed by atoms with E-state index in [4.69, 9.17) is 9.47 Å². The Hall–Kier alpha value is -0.120. The molecule has 0 spiro atoms. The smallest absolute Gasteiger partial charge is 0.164 e. The fourth-order valence-electron chi connectivity index (χ4n) is 3.95. The quantitative estimate of drug-likeness (QED) is 0.796. The lowest BCUT2D eigenvalue weighted by Crippen LogP contribution is -2.58. The van der Waals surface area contributed by atoms with Gasteiger partial charge in [0.05, 0.1) is 6.10 Å². The molecule has 2 atom stereocenters. The van der Waals surface area contributed by atoms with Crippen LogP contribution in [-0.4, -0.2) is 31.1 Å². The van der Waals surface area contributed by atoms with Crippen molar-refractivity contribution in [2.45, 2.75) is 57.0 Å². The molecule has 0 amide bonds. The highest BCUT2D eigenvalue weighted by Gasteiger charge is 2.63. The van der Waals surface area contributed by atoms with Crippen LogP contribution in [0.4, 0.5) is 0 Å². The summed E-state index contributed by atoms with van der Waals surface area (Å²) >= 11 is 0. The van der Waals surface area contributed by atoms with Crippen molar-refractivity contribution in [1.29, 1.82) is 0 Å². The van der Waals surface area contributed by atoms with Gasteiger partial charge in [-0.15, -0.1) is 0 Å². The number of nitrogens with one attached hydrogen (secondary N) is 1. The highest BCUT2D eigenvalue weighted by molar-refractivity contribution is 5.10. The normalized spacial score (nSPS) is 48.6. The Kier molecular flexibility index (Phi) is 2.36. The molecule has 2 bridgehead atoms. The molecule has 1 saturated heterocycles. The molecule has 3 saturated carbocycles. The Morgan fingerprint density at radius 3 is 2.69 bits per heavy atom. The van der Waals surface area contributed by atoms with Gasteiger partial charge in [0.1, 0.15) is 5.60 Å². The van der Waals surface area contributed by atoms with Gasteiger partial charge in [-0.3, -0.25) is 0 Å². The lowest BCUT2D eigenvalue weighted by Gasteiger charge is -2.54. The largest absolute Gasteiger partial charge is 0.344 e. The molecule has 92 valence electrons. The molecule has 4 fully saturated rings. The summed E-state index contributed by atoms with van der Waals surface area (Å²) in [5.74, 6) is 1.28. The zero-order valence-electron chi connectivity index (χ0n) is 10.6. The molecule has 0 aromatic carbocycles. The maximum atomic E-state index is 6.33. The summed E-state index contributed by atoms with van der Waals surface area (Å²) in [6.45, 7) is 5.14. The molecule has 3 aliphatic carbocycles. The summed E-state index contributed by atoms with van der Waals surface area (Å²) in [5, 5.41) is 3.25. The van der Waals surface area contributed by atoms with Gasteiger partial charge < -0.3 is 14.8 Å². The summed E-state index contributed by atoms with van der Waals surface area (Å²) in [4.78, 5) is 0. The van der Waals surface area contributed by atoms with E-state index >= 15 is 0 Å². The average Bonchev–Trinajstić information content (AvgIpc) is 2.43. The predicted molar refractivity (Wildman–Crippen MR) is 62.1 cm³/mol. The Morgan fingerprint density at radius 1 is 1.25 bits per heavy atom. The van der Waals surface area contributed by atoms with Crippen molar-refractivity contribution >= 4 is 0 Å². The summed E-state index contributed by atoms with van der Waals surface area (Å²) in [6.07, 6.45) is 5.37. The first kappa shape index (κ1) is 11.0. The summed E-state index contributed by atoms with van der Waals surface area (Å²) in [7, 11) is 2.01. The second-order valence-electron chi connectivity index (χ2n) is 6.19. The predicted octanol–water partition coefficient (Wildman–Crippen LogP) is 1.92. The molecule has 0 aromatic heterocycles. The molecular formula is C13H23NO2. The van der Waals surface area contributed by atoms with Crippen LogP contribution in [0.3, 0.4) is 0 Å². The van der Waals surface area contributed by atoms with Gasteiger partial charge in [0, 0.05) is 0 Å². The summed E-state index contributed by atoms with van der Waals surface area (Å²) in [6, 6.07) is 0. The molecule has 0 unspecified atom stereocenters. The van der Waals surface area contributed by atoms with Crippen LogP contribution >= 0.6 is 0 Å². The van der Waals surface area contributed by atoms with E-state index in [0.29, 0.717) is 6.10 Å². The van der Waals surface area contributed by atoms with E-state index in [2.05, 4.69) is 19.2 Å². The van der Waals surface area contributed by atoms with E-state index < -0.39 is 0 Å². The standard InChI is InChI=1S/C13H23NO2/c1-12(2)15-11-8-9-6-10(7-9)13(11,16-12)4-5-14-3/h9-11,14H,4-8H2,1-3H3/t9-,10+,11-,13+/m0/s1. The number of hydrogen-bond acceptors (Lipinski definition) is 3. The third-order valence-corrected chi connectivity index (χ3v) is 4.65. The van der Waals surface area contributed by atoms with Gasteiger partial charge in [-0.1, -0.05) is 0 Å². The van der Waals surface area contributed by atoms with Crippen molar-refractivity contribution in [1.82, 2.24) is 5.32 Å². The lowest BCUT2D eigenvalue weighted by molar-refractivity contribution is -0.187. The Balaban J connectivity index is 1.84. The highest BCUT2D eigenvalue weighted by atomic mass is 16.8. The van der Waals surface area contributed by atoms with Gasteiger partial charge in [-0.25, -0.2) is 0 Å². The Morgan fingerprint density at radius 2 is 2.00 bits per heavy atom. The van der Waals surface area contributed by atoms with E-state index in [1.54, 1.807) is 0 Å². The van der Waals surface area contributed by atoms with E-state index in [9.17, 15) is 0 Å². The second kappa shape index (κ2) is 3.44. The zero-order valence-corrected chi connectivity index (χ0v) is 10.6. The average molecular weight is 225 g/mol. The minimum absolute atomic E-state index is 0.0151. The van der Waals surface area contributed by atoms with Gasteiger partial charge in [-0.2, -0.15) is 0 Å². The Bertz CT molecular complexity index is 286. The van der Waals surface area contributed by atoms with E-state index in [-0.39, 0.29) is 11.4 Å². The zero-order chi connectivity index (χ0) is 11.4. The van der Waals surface area contributed by atoms with E-state index in [0.717, 1.165) is 24.8 Å². The minimum Gasteiger partial charge on any atom is -0.344 e. The number of rotatable bonds is 3. The third-order valence-electron chi connectivity index (χ3n) is 4.65. The first-order valence-electron chi connectivity index (χ1n) is 6.58. The second-order valence-corrected chi connectivity index (χ2v) is 6.19. The minimum atomic E-state index is -0.379. The van der Waals surface area contributed by atoms with Crippen molar-refractivity contribution in [2.24, 2.45) is 11.8 Å². The van der Waals surface area contributed by atoms with E-state index in [1.807, 2.05) is 7.05 Å². The van der Waals surface area contributed by atoms with Gasteiger partial charge in [0.2, 0.25) is 0 Å². The van der Waals surface area contributed by atoms with Crippen LogP contribution in [-0.2, 0) is 9.47 Å². The molecular weight excluding hydrogens is 202 g/mol. The van der Waals surface area contributed by atoms with Crippen LogP contribution in [0.15, 0.2) is 0 Å². The maximum Gasteiger partial charge on any atom is 0.164 e. The fraction of sp³-hybridized carbons (Fsp3) is 1.00. The van der Waals surface area contributed by atoms with Crippen molar-refractivity contribution in [3.63, 3.8) is 0 Å². The molecule has 3 heteroatoms. The fourth-order valence-corrected chi connectivity index (χ4v) is 3.95. The molecule has 0 aromatic rings. The van der Waals surface area contributed by atoms with Crippen LogP contribution in [0.1, 0.15) is 39.5 Å². The van der Waals surface area contributed by atoms with Crippen molar-refractivity contribution in [3.8, 4) is 0 Å². The lowest BCUT2D eigenvalue weighted by atomic mass is 9.55. The van der Waals surface area contributed by atoms with Crippen molar-refractivity contribution < 1.29 is 9.47 Å². The van der Waals surface area contributed by atoms with Crippen LogP contribution in [0.2, 0.25) is 0 Å². The highest BCUT2D eigenvalue weighted by Crippen LogP contribution is 2.59. The molecule has 0 radical (unpaired) electrons.